The molecule has 2 aliphatic rings. The van der Waals surface area contributed by atoms with Crippen molar-refractivity contribution in [3.05, 3.63) is 36.2 Å². The highest BCUT2D eigenvalue weighted by Crippen LogP contribution is 2.30. The van der Waals surface area contributed by atoms with Gasteiger partial charge in [0.2, 0.25) is 11.7 Å². The molecule has 0 unspecified atom stereocenters. The highest BCUT2D eigenvalue weighted by atomic mass is 19.1. The van der Waals surface area contributed by atoms with Crippen molar-refractivity contribution in [3.8, 4) is 17.6 Å². The first-order valence-electron chi connectivity index (χ1n) is 12.0. The van der Waals surface area contributed by atoms with Gasteiger partial charge in [0.1, 0.15) is 23.6 Å². The molecule has 2 fully saturated rings. The molecule has 0 aliphatic carbocycles. The number of amides is 1. The van der Waals surface area contributed by atoms with Crippen LogP contribution in [0.25, 0.3) is 17.2 Å². The first kappa shape index (κ1) is 23.9. The van der Waals surface area contributed by atoms with E-state index in [1.54, 1.807) is 9.80 Å². The Hall–Kier alpha value is -3.85. The van der Waals surface area contributed by atoms with Crippen molar-refractivity contribution in [1.82, 2.24) is 24.3 Å². The van der Waals surface area contributed by atoms with Gasteiger partial charge in [-0.3, -0.25) is 9.20 Å². The zero-order valence-electron chi connectivity index (χ0n) is 19.6. The van der Waals surface area contributed by atoms with Gasteiger partial charge in [-0.15, -0.1) is 0 Å². The van der Waals surface area contributed by atoms with Crippen LogP contribution in [0.4, 0.5) is 20.4 Å². The second-order valence-corrected chi connectivity index (χ2v) is 9.13. The van der Waals surface area contributed by atoms with Gasteiger partial charge in [-0.25, -0.2) is 19.3 Å². The average molecular weight is 497 g/mol. The number of imidazole rings is 1. The zero-order chi connectivity index (χ0) is 25.2. The van der Waals surface area contributed by atoms with E-state index in [1.165, 1.54) is 28.9 Å². The minimum absolute atomic E-state index is 0.0212. The Morgan fingerprint density at radius 2 is 2.00 bits per heavy atom. The number of aliphatic hydroxyl groups is 1. The Morgan fingerprint density at radius 1 is 1.19 bits per heavy atom. The minimum atomic E-state index is -0.629. The summed E-state index contributed by atoms with van der Waals surface area (Å²) >= 11 is 0. The van der Waals surface area contributed by atoms with Crippen molar-refractivity contribution in [2.45, 2.75) is 44.2 Å². The average Bonchev–Trinajstić information content (AvgIpc) is 3.29. The van der Waals surface area contributed by atoms with E-state index in [9.17, 15) is 14.3 Å². The minimum Gasteiger partial charge on any atom is -0.393 e. The van der Waals surface area contributed by atoms with E-state index < -0.39 is 17.7 Å². The molecule has 5 rings (SSSR count). The highest BCUT2D eigenvalue weighted by Gasteiger charge is 2.28. The summed E-state index contributed by atoms with van der Waals surface area (Å²) in [5, 5.41) is 21.9. The molecule has 2 saturated heterocycles. The summed E-state index contributed by atoms with van der Waals surface area (Å²) in [6, 6.07) is 4.44. The lowest BCUT2D eigenvalue weighted by Gasteiger charge is -2.34. The quantitative estimate of drug-likeness (QED) is 0.552. The van der Waals surface area contributed by atoms with Crippen LogP contribution in [0.2, 0.25) is 0 Å². The zero-order valence-corrected chi connectivity index (χ0v) is 19.6. The second-order valence-electron chi connectivity index (χ2n) is 9.13. The van der Waals surface area contributed by atoms with Crippen LogP contribution in [-0.2, 0) is 4.79 Å². The van der Waals surface area contributed by atoms with Crippen molar-refractivity contribution in [3.63, 3.8) is 0 Å². The number of aliphatic hydroxyl groups excluding tert-OH is 1. The molecule has 3 aromatic rings. The van der Waals surface area contributed by atoms with Gasteiger partial charge in [0, 0.05) is 38.4 Å². The van der Waals surface area contributed by atoms with Crippen molar-refractivity contribution in [1.29, 1.82) is 5.26 Å². The molecule has 0 bridgehead atoms. The number of hydrogen-bond acceptors (Lipinski definition) is 8. The molecule has 1 amide bonds. The molecule has 0 radical (unpaired) electrons. The summed E-state index contributed by atoms with van der Waals surface area (Å²) in [6.07, 6.45) is 4.52. The number of nitrogens with zero attached hydrogens (tertiary/aromatic N) is 7. The number of hydrogen-bond donors (Lipinski definition) is 2. The molecule has 10 nitrogen and oxygen atoms in total. The predicted octanol–water partition coefficient (Wildman–Crippen LogP) is 2.35. The van der Waals surface area contributed by atoms with Crippen LogP contribution < -0.4 is 10.2 Å². The summed E-state index contributed by atoms with van der Waals surface area (Å²) < 4.78 is 31.3. The highest BCUT2D eigenvalue weighted by molar-refractivity contribution is 5.78. The monoisotopic (exact) mass is 496 g/mol. The summed E-state index contributed by atoms with van der Waals surface area (Å²) in [4.78, 5) is 28.8. The summed E-state index contributed by atoms with van der Waals surface area (Å²) in [5.74, 6) is -1.10. The third-order valence-electron chi connectivity index (χ3n) is 6.64. The van der Waals surface area contributed by atoms with Gasteiger partial charge >= 0.3 is 0 Å². The number of nitrogens with one attached hydrogen (secondary N) is 1. The van der Waals surface area contributed by atoms with Crippen LogP contribution in [0.1, 0.15) is 32.1 Å². The molecule has 0 spiro atoms. The maximum atomic E-state index is 15.8. The van der Waals surface area contributed by atoms with Gasteiger partial charge in [-0.05, 0) is 37.8 Å². The Bertz CT molecular complexity index is 1320. The number of piperidine rings is 2. The van der Waals surface area contributed by atoms with Gasteiger partial charge in [0.15, 0.2) is 17.5 Å². The van der Waals surface area contributed by atoms with E-state index in [0.717, 1.165) is 0 Å². The molecule has 0 aromatic carbocycles. The molecular formula is C24H26F2N8O2. The number of carbonyl (C=O) groups is 1. The van der Waals surface area contributed by atoms with Gasteiger partial charge < -0.3 is 20.2 Å². The standard InChI is InChI=1S/C24H26F2N8O2/c25-15-3-4-19-28-12-18(34(19)13-15)22-30-23(21(26)24(31-22)32-10-6-17(35)7-11-32)29-16-2-1-9-33(14-16)20(36)5-8-27/h3-4,12-13,16-17,35H,1-2,5-7,9-11,14H2,(H,29,30,31)/t16-/m1/s1. The summed E-state index contributed by atoms with van der Waals surface area (Å²) in [5.41, 5.74) is 0.899. The molecule has 5 heterocycles. The number of likely N-dealkylation sites (tertiary alicyclic amines) is 1. The van der Waals surface area contributed by atoms with E-state index in [0.29, 0.717) is 63.2 Å². The van der Waals surface area contributed by atoms with Crippen LogP contribution in [0, 0.1) is 23.0 Å². The van der Waals surface area contributed by atoms with Crippen LogP contribution >= 0.6 is 0 Å². The smallest absolute Gasteiger partial charge is 0.236 e. The Labute approximate surface area is 206 Å². The Balaban J connectivity index is 1.51. The lowest BCUT2D eigenvalue weighted by atomic mass is 10.1. The normalized spacial score (nSPS) is 18.9. The lowest BCUT2D eigenvalue weighted by molar-refractivity contribution is -0.131. The first-order valence-corrected chi connectivity index (χ1v) is 12.0. The number of rotatable bonds is 5. The van der Waals surface area contributed by atoms with Crippen molar-refractivity contribution in [2.75, 3.05) is 36.4 Å². The molecular weight excluding hydrogens is 470 g/mol. The maximum Gasteiger partial charge on any atom is 0.236 e. The Kier molecular flexibility index (Phi) is 6.65. The molecule has 2 aliphatic heterocycles. The second kappa shape index (κ2) is 10.0. The van der Waals surface area contributed by atoms with E-state index in [2.05, 4.69) is 20.3 Å². The third kappa shape index (κ3) is 4.79. The predicted molar refractivity (Wildman–Crippen MR) is 127 cm³/mol. The first-order chi connectivity index (χ1) is 17.4. The van der Waals surface area contributed by atoms with Gasteiger partial charge in [0.25, 0.3) is 0 Å². The fourth-order valence-electron chi connectivity index (χ4n) is 4.75. The maximum absolute atomic E-state index is 15.8. The van der Waals surface area contributed by atoms with E-state index >= 15 is 4.39 Å². The molecule has 0 saturated carbocycles. The summed E-state index contributed by atoms with van der Waals surface area (Å²) in [7, 11) is 0. The SMILES string of the molecule is N#CCC(=O)N1CCC[C@@H](Nc2nc(-c3cnc4ccc(F)cn34)nc(N3CCC(O)CC3)c2F)C1. The molecule has 36 heavy (non-hydrogen) atoms. The number of pyridine rings is 1. The number of nitriles is 1. The van der Waals surface area contributed by atoms with Gasteiger partial charge in [0.05, 0.1) is 18.4 Å². The summed E-state index contributed by atoms with van der Waals surface area (Å²) in [6.45, 7) is 1.72. The fraction of sp³-hybridized carbons (Fsp3) is 0.458. The molecule has 3 aromatic heterocycles. The van der Waals surface area contributed by atoms with Crippen LogP contribution in [0.15, 0.2) is 24.5 Å². The lowest BCUT2D eigenvalue weighted by Crippen LogP contribution is -2.45. The van der Waals surface area contributed by atoms with Crippen molar-refractivity contribution >= 4 is 23.2 Å². The third-order valence-corrected chi connectivity index (χ3v) is 6.64. The van der Waals surface area contributed by atoms with Crippen LogP contribution in [0.3, 0.4) is 0 Å². The van der Waals surface area contributed by atoms with E-state index in [-0.39, 0.29) is 35.8 Å². The van der Waals surface area contributed by atoms with Gasteiger partial charge in [-0.2, -0.15) is 9.65 Å². The number of aromatic nitrogens is 4. The molecule has 12 heteroatoms. The number of anilines is 2. The number of fused-ring (bicyclic) bond motifs is 1. The molecule has 188 valence electrons. The van der Waals surface area contributed by atoms with Crippen molar-refractivity contribution in [2.24, 2.45) is 0 Å². The van der Waals surface area contributed by atoms with Crippen LogP contribution in [-0.4, -0.2) is 73.6 Å². The topological polar surface area (TPSA) is 123 Å². The fourth-order valence-corrected chi connectivity index (χ4v) is 4.75. The van der Waals surface area contributed by atoms with E-state index in [1.807, 2.05) is 6.07 Å². The van der Waals surface area contributed by atoms with Crippen molar-refractivity contribution < 1.29 is 18.7 Å². The van der Waals surface area contributed by atoms with Gasteiger partial charge in [-0.1, -0.05) is 0 Å². The number of halogens is 2. The largest absolute Gasteiger partial charge is 0.393 e. The molecule has 1 atom stereocenters. The molecule has 2 N–H and O–H groups in total. The number of carbonyl (C=O) groups excluding carboxylic acids is 1. The Morgan fingerprint density at radius 3 is 2.78 bits per heavy atom. The van der Waals surface area contributed by atoms with E-state index in [4.69, 9.17) is 5.26 Å². The van der Waals surface area contributed by atoms with Crippen LogP contribution in [0.5, 0.6) is 0 Å².